The summed E-state index contributed by atoms with van der Waals surface area (Å²) in [5, 5.41) is 11.5. The zero-order valence-corrected chi connectivity index (χ0v) is 14.7. The monoisotopic (exact) mass is 368 g/mol. The summed E-state index contributed by atoms with van der Waals surface area (Å²) in [6.07, 6.45) is 1.43. The minimum absolute atomic E-state index is 0.120. The van der Waals surface area contributed by atoms with Crippen LogP contribution >= 0.6 is 0 Å². The molecule has 0 aliphatic carbocycles. The van der Waals surface area contributed by atoms with Gasteiger partial charge >= 0.3 is 5.97 Å². The van der Waals surface area contributed by atoms with Crippen LogP contribution in [0.5, 0.6) is 5.75 Å². The second-order valence-electron chi connectivity index (χ2n) is 6.21. The molecule has 2 amide bonds. The maximum atomic E-state index is 12.4. The lowest BCUT2D eigenvalue weighted by Crippen LogP contribution is -2.25. The molecule has 7 heteroatoms. The summed E-state index contributed by atoms with van der Waals surface area (Å²) < 4.78 is 5.09. The molecule has 2 N–H and O–H groups in total. The first-order chi connectivity index (χ1) is 13.0. The Morgan fingerprint density at radius 1 is 1.15 bits per heavy atom. The Balaban J connectivity index is 1.61. The molecule has 0 atom stereocenters. The van der Waals surface area contributed by atoms with E-state index in [2.05, 4.69) is 5.32 Å². The van der Waals surface area contributed by atoms with E-state index in [0.717, 1.165) is 24.2 Å². The molecule has 1 heterocycles. The molecule has 1 fully saturated rings. The topological polar surface area (TPSA) is 95.9 Å². The van der Waals surface area contributed by atoms with Crippen LogP contribution in [0.2, 0.25) is 0 Å². The van der Waals surface area contributed by atoms with Crippen LogP contribution in [0.1, 0.15) is 28.8 Å². The van der Waals surface area contributed by atoms with Gasteiger partial charge in [-0.25, -0.2) is 4.79 Å². The minimum Gasteiger partial charge on any atom is -0.482 e. The van der Waals surface area contributed by atoms with Crippen LogP contribution in [0.15, 0.2) is 48.5 Å². The highest BCUT2D eigenvalue weighted by atomic mass is 16.5. The standard InChI is InChI=1S/C20H20N2O5/c23-18-8-3-9-22(18)16-6-1-4-14(10-16)12-21-20(26)15-5-2-7-17(11-15)27-13-19(24)25/h1-2,4-7,10-11H,3,8-9,12-13H2,(H,21,26)(H,24,25). The van der Waals surface area contributed by atoms with Crippen molar-refractivity contribution < 1.29 is 24.2 Å². The third-order valence-electron chi connectivity index (χ3n) is 4.21. The van der Waals surface area contributed by atoms with Gasteiger partial charge in [-0.1, -0.05) is 18.2 Å². The molecular weight excluding hydrogens is 348 g/mol. The number of carbonyl (C=O) groups is 3. The largest absolute Gasteiger partial charge is 0.482 e. The number of rotatable bonds is 7. The Kier molecular flexibility index (Phi) is 5.71. The Morgan fingerprint density at radius 2 is 1.96 bits per heavy atom. The summed E-state index contributed by atoms with van der Waals surface area (Å²) in [6, 6.07) is 13.9. The predicted molar refractivity (Wildman–Crippen MR) is 98.8 cm³/mol. The maximum Gasteiger partial charge on any atom is 0.341 e. The molecule has 0 saturated carbocycles. The average Bonchev–Trinajstić information content (AvgIpc) is 3.11. The number of hydrogen-bond donors (Lipinski definition) is 2. The van der Waals surface area contributed by atoms with Crippen molar-refractivity contribution in [2.45, 2.75) is 19.4 Å². The molecule has 0 radical (unpaired) electrons. The van der Waals surface area contributed by atoms with Crippen molar-refractivity contribution >= 4 is 23.5 Å². The fraction of sp³-hybridized carbons (Fsp3) is 0.250. The van der Waals surface area contributed by atoms with Gasteiger partial charge in [-0.05, 0) is 42.3 Å². The van der Waals surface area contributed by atoms with Crippen LogP contribution in [0.3, 0.4) is 0 Å². The molecule has 2 aromatic carbocycles. The van der Waals surface area contributed by atoms with Crippen LogP contribution in [0, 0.1) is 0 Å². The first-order valence-electron chi connectivity index (χ1n) is 8.65. The Morgan fingerprint density at radius 3 is 2.70 bits per heavy atom. The summed E-state index contributed by atoms with van der Waals surface area (Å²) in [4.78, 5) is 36.5. The van der Waals surface area contributed by atoms with Gasteiger partial charge in [0.2, 0.25) is 5.91 Å². The number of carbonyl (C=O) groups excluding carboxylic acids is 2. The number of anilines is 1. The number of nitrogens with one attached hydrogen (secondary N) is 1. The number of benzene rings is 2. The van der Waals surface area contributed by atoms with Crippen molar-refractivity contribution in [3.63, 3.8) is 0 Å². The molecule has 1 saturated heterocycles. The molecule has 7 nitrogen and oxygen atoms in total. The van der Waals surface area contributed by atoms with Crippen LogP contribution in [0.25, 0.3) is 0 Å². The van der Waals surface area contributed by atoms with Crippen molar-refractivity contribution in [3.8, 4) is 5.75 Å². The van der Waals surface area contributed by atoms with Gasteiger partial charge in [0, 0.05) is 30.8 Å². The summed E-state index contributed by atoms with van der Waals surface area (Å²) >= 11 is 0. The van der Waals surface area contributed by atoms with Gasteiger partial charge in [0.25, 0.3) is 5.91 Å². The third-order valence-corrected chi connectivity index (χ3v) is 4.21. The highest BCUT2D eigenvalue weighted by molar-refractivity contribution is 5.96. The molecule has 0 spiro atoms. The van der Waals surface area contributed by atoms with Gasteiger partial charge in [0.1, 0.15) is 5.75 Å². The Labute approximate surface area is 156 Å². The number of aliphatic carboxylic acids is 1. The van der Waals surface area contributed by atoms with Crippen molar-refractivity contribution in [2.24, 2.45) is 0 Å². The Bertz CT molecular complexity index is 865. The Hall–Kier alpha value is -3.35. The van der Waals surface area contributed by atoms with Gasteiger partial charge in [0.05, 0.1) is 0 Å². The van der Waals surface area contributed by atoms with Crippen LogP contribution in [-0.2, 0) is 16.1 Å². The smallest absolute Gasteiger partial charge is 0.341 e. The van der Waals surface area contributed by atoms with Gasteiger partial charge in [-0.15, -0.1) is 0 Å². The van der Waals surface area contributed by atoms with E-state index in [1.165, 1.54) is 6.07 Å². The van der Waals surface area contributed by atoms with Crippen LogP contribution < -0.4 is 15.0 Å². The number of ether oxygens (including phenoxy) is 1. The molecule has 140 valence electrons. The zero-order valence-electron chi connectivity index (χ0n) is 14.7. The van der Waals surface area contributed by atoms with E-state index in [9.17, 15) is 14.4 Å². The minimum atomic E-state index is -1.08. The van der Waals surface area contributed by atoms with E-state index in [1.807, 2.05) is 24.3 Å². The molecule has 27 heavy (non-hydrogen) atoms. The van der Waals surface area contributed by atoms with Gasteiger partial charge in [0.15, 0.2) is 6.61 Å². The van der Waals surface area contributed by atoms with E-state index >= 15 is 0 Å². The number of carboxylic acid groups (broad SMARTS) is 1. The second-order valence-corrected chi connectivity index (χ2v) is 6.21. The number of hydrogen-bond acceptors (Lipinski definition) is 4. The van der Waals surface area contributed by atoms with Gasteiger partial charge < -0.3 is 20.1 Å². The van der Waals surface area contributed by atoms with E-state index in [-0.39, 0.29) is 11.8 Å². The highest BCUT2D eigenvalue weighted by Gasteiger charge is 2.21. The lowest BCUT2D eigenvalue weighted by molar-refractivity contribution is -0.139. The van der Waals surface area contributed by atoms with E-state index in [4.69, 9.17) is 9.84 Å². The number of nitrogens with zero attached hydrogens (tertiary/aromatic N) is 1. The summed E-state index contributed by atoms with van der Waals surface area (Å²) in [6.45, 7) is 0.569. The fourth-order valence-corrected chi connectivity index (χ4v) is 2.91. The summed E-state index contributed by atoms with van der Waals surface area (Å²) in [5.74, 6) is -0.936. The van der Waals surface area contributed by atoms with Crippen molar-refractivity contribution in [2.75, 3.05) is 18.1 Å². The quantitative estimate of drug-likeness (QED) is 0.781. The predicted octanol–water partition coefficient (Wildman–Crippen LogP) is 2.21. The van der Waals surface area contributed by atoms with Crippen LogP contribution in [-0.4, -0.2) is 36.0 Å². The molecule has 3 rings (SSSR count). The zero-order chi connectivity index (χ0) is 19.2. The first kappa shape index (κ1) is 18.4. The molecular formula is C20H20N2O5. The molecule has 0 bridgehead atoms. The van der Waals surface area contributed by atoms with E-state index in [0.29, 0.717) is 24.3 Å². The fourth-order valence-electron chi connectivity index (χ4n) is 2.91. The number of carboxylic acids is 1. The highest BCUT2D eigenvalue weighted by Crippen LogP contribution is 2.22. The SMILES string of the molecule is O=C(O)COc1cccc(C(=O)NCc2cccc(N3CCCC3=O)c2)c1. The molecule has 1 aliphatic heterocycles. The lowest BCUT2D eigenvalue weighted by Gasteiger charge is -2.16. The molecule has 0 unspecified atom stereocenters. The number of amides is 2. The second kappa shape index (κ2) is 8.35. The first-order valence-corrected chi connectivity index (χ1v) is 8.65. The molecule has 1 aliphatic rings. The van der Waals surface area contributed by atoms with Gasteiger partial charge in [-0.2, -0.15) is 0 Å². The summed E-state index contributed by atoms with van der Waals surface area (Å²) in [7, 11) is 0. The maximum absolute atomic E-state index is 12.4. The van der Waals surface area contributed by atoms with Crippen LogP contribution in [0.4, 0.5) is 5.69 Å². The van der Waals surface area contributed by atoms with Gasteiger partial charge in [-0.3, -0.25) is 9.59 Å². The third kappa shape index (κ3) is 4.84. The van der Waals surface area contributed by atoms with E-state index in [1.54, 1.807) is 23.1 Å². The molecule has 2 aromatic rings. The van der Waals surface area contributed by atoms with Crippen molar-refractivity contribution in [3.05, 3.63) is 59.7 Å². The normalized spacial score (nSPS) is 13.5. The average molecular weight is 368 g/mol. The lowest BCUT2D eigenvalue weighted by atomic mass is 10.1. The van der Waals surface area contributed by atoms with Crippen molar-refractivity contribution in [1.82, 2.24) is 5.32 Å². The molecule has 0 aromatic heterocycles. The van der Waals surface area contributed by atoms with E-state index < -0.39 is 12.6 Å². The van der Waals surface area contributed by atoms with Crippen molar-refractivity contribution in [1.29, 1.82) is 0 Å². The summed E-state index contributed by atoms with van der Waals surface area (Å²) in [5.41, 5.74) is 2.11.